The number of rotatable bonds is 5. The van der Waals surface area contributed by atoms with E-state index in [1.54, 1.807) is 12.1 Å². The van der Waals surface area contributed by atoms with E-state index in [0.29, 0.717) is 11.8 Å². The van der Waals surface area contributed by atoms with Gasteiger partial charge in [0.1, 0.15) is 5.82 Å². The maximum atomic E-state index is 13.1. The van der Waals surface area contributed by atoms with Gasteiger partial charge in [0.25, 0.3) is 0 Å². The molecule has 0 bridgehead atoms. The summed E-state index contributed by atoms with van der Waals surface area (Å²) < 4.78 is 29.2. The molecule has 15 heavy (non-hydrogen) atoms. The van der Waals surface area contributed by atoms with Crippen molar-refractivity contribution in [2.75, 3.05) is 20.8 Å². The van der Waals surface area contributed by atoms with Gasteiger partial charge in [0.05, 0.1) is 0 Å². The van der Waals surface area contributed by atoms with Crippen LogP contribution in [0.25, 0.3) is 0 Å². The van der Waals surface area contributed by atoms with Crippen LogP contribution in [0.5, 0.6) is 0 Å². The fourth-order valence-corrected chi connectivity index (χ4v) is 3.42. The van der Waals surface area contributed by atoms with Gasteiger partial charge in [-0.05, 0) is 19.1 Å². The summed E-state index contributed by atoms with van der Waals surface area (Å²) in [6.45, 7) is 2.31. The lowest BCUT2D eigenvalue weighted by molar-refractivity contribution is 0.120. The van der Waals surface area contributed by atoms with Gasteiger partial charge in [0, 0.05) is 26.0 Å². The fraction of sp³-hybridized carbons (Fsp3) is 0.400. The summed E-state index contributed by atoms with van der Waals surface area (Å²) in [7, 11) is 0.129. The molecule has 0 fully saturated rings. The Balaban J connectivity index is 3.07. The molecular weight excluding hydrogens is 215 g/mol. The van der Waals surface area contributed by atoms with Gasteiger partial charge >= 0.3 is 8.80 Å². The molecule has 0 aromatic heterocycles. The molecule has 0 aliphatic heterocycles. The van der Waals surface area contributed by atoms with Crippen LogP contribution in [0, 0.1) is 5.82 Å². The Kier molecular flexibility index (Phi) is 4.40. The number of halogens is 1. The molecule has 0 radical (unpaired) electrons. The highest BCUT2D eigenvalue weighted by atomic mass is 28.4. The molecule has 1 aromatic carbocycles. The molecule has 1 rings (SSSR count). The number of hydrogen-bond acceptors (Lipinski definition) is 3. The van der Waals surface area contributed by atoms with Crippen LogP contribution >= 0.6 is 0 Å². The normalized spacial score (nSPS) is 11.7. The van der Waals surface area contributed by atoms with Gasteiger partial charge in [0.2, 0.25) is 0 Å². The molecule has 0 saturated heterocycles. The maximum Gasteiger partial charge on any atom is 0.536 e. The standard InChI is InChI=1S/C10H15FO3Si/c1-4-14-15(12-2,13-3)10-7-5-6-9(11)8-10/h5-8H,4H2,1-3H3. The third-order valence-electron chi connectivity index (χ3n) is 2.05. The van der Waals surface area contributed by atoms with Crippen molar-refractivity contribution in [2.45, 2.75) is 6.92 Å². The molecule has 0 aliphatic rings. The molecule has 5 heteroatoms. The largest absolute Gasteiger partial charge is 0.536 e. The summed E-state index contributed by atoms with van der Waals surface area (Å²) in [6, 6.07) is 6.12. The van der Waals surface area contributed by atoms with E-state index >= 15 is 0 Å². The zero-order valence-corrected chi connectivity index (χ0v) is 10.1. The van der Waals surface area contributed by atoms with E-state index in [0.717, 1.165) is 0 Å². The van der Waals surface area contributed by atoms with Gasteiger partial charge in [-0.15, -0.1) is 0 Å². The molecule has 0 unspecified atom stereocenters. The van der Waals surface area contributed by atoms with Crippen molar-refractivity contribution in [3.05, 3.63) is 30.1 Å². The van der Waals surface area contributed by atoms with E-state index in [-0.39, 0.29) is 5.82 Å². The third-order valence-corrected chi connectivity index (χ3v) is 4.81. The maximum absolute atomic E-state index is 13.1. The first-order chi connectivity index (χ1) is 7.18. The van der Waals surface area contributed by atoms with E-state index in [1.807, 2.05) is 6.92 Å². The van der Waals surface area contributed by atoms with Crippen molar-refractivity contribution < 1.29 is 17.7 Å². The van der Waals surface area contributed by atoms with Crippen LogP contribution < -0.4 is 5.19 Å². The topological polar surface area (TPSA) is 27.7 Å². The summed E-state index contributed by atoms with van der Waals surface area (Å²) in [6.07, 6.45) is 0. The van der Waals surface area contributed by atoms with Crippen LogP contribution in [0.1, 0.15) is 6.92 Å². The average molecular weight is 230 g/mol. The van der Waals surface area contributed by atoms with E-state index in [9.17, 15) is 4.39 Å². The summed E-state index contributed by atoms with van der Waals surface area (Å²) in [5.74, 6) is -0.321. The van der Waals surface area contributed by atoms with Gasteiger partial charge in [-0.3, -0.25) is 0 Å². The first-order valence-corrected chi connectivity index (χ1v) is 6.41. The van der Waals surface area contributed by atoms with Crippen molar-refractivity contribution in [3.8, 4) is 0 Å². The third kappa shape index (κ3) is 2.63. The molecule has 1 aromatic rings. The Bertz CT molecular complexity index is 315. The second-order valence-electron chi connectivity index (χ2n) is 2.91. The van der Waals surface area contributed by atoms with Crippen molar-refractivity contribution in [1.82, 2.24) is 0 Å². The minimum absolute atomic E-state index is 0.321. The van der Waals surface area contributed by atoms with Crippen molar-refractivity contribution >= 4 is 14.0 Å². The molecule has 0 heterocycles. The first kappa shape index (κ1) is 12.3. The van der Waals surface area contributed by atoms with E-state index in [4.69, 9.17) is 13.3 Å². The molecule has 0 N–H and O–H groups in total. The monoisotopic (exact) mass is 230 g/mol. The van der Waals surface area contributed by atoms with Gasteiger partial charge in [-0.2, -0.15) is 0 Å². The highest BCUT2D eigenvalue weighted by Gasteiger charge is 2.41. The lowest BCUT2D eigenvalue weighted by atomic mass is 10.3. The molecule has 84 valence electrons. The Labute approximate surface area is 90.1 Å². The molecule has 0 spiro atoms. The quantitative estimate of drug-likeness (QED) is 0.714. The highest BCUT2D eigenvalue weighted by Crippen LogP contribution is 2.09. The number of benzene rings is 1. The van der Waals surface area contributed by atoms with Crippen LogP contribution in [0.3, 0.4) is 0 Å². The lowest BCUT2D eigenvalue weighted by Gasteiger charge is -2.25. The minimum atomic E-state index is -2.89. The second-order valence-corrected chi connectivity index (χ2v) is 5.70. The molecule has 3 nitrogen and oxygen atoms in total. The van der Waals surface area contributed by atoms with E-state index in [1.165, 1.54) is 26.4 Å². The summed E-state index contributed by atoms with van der Waals surface area (Å²) in [4.78, 5) is 0. The average Bonchev–Trinajstić information content (AvgIpc) is 2.26. The zero-order chi connectivity index (χ0) is 11.3. The van der Waals surface area contributed by atoms with E-state index in [2.05, 4.69) is 0 Å². The van der Waals surface area contributed by atoms with Gasteiger partial charge in [-0.25, -0.2) is 4.39 Å². The van der Waals surface area contributed by atoms with Gasteiger partial charge in [0.15, 0.2) is 0 Å². The van der Waals surface area contributed by atoms with Crippen LogP contribution in [-0.4, -0.2) is 29.6 Å². The van der Waals surface area contributed by atoms with Crippen LogP contribution in [0.2, 0.25) is 0 Å². The summed E-state index contributed by atoms with van der Waals surface area (Å²) >= 11 is 0. The highest BCUT2D eigenvalue weighted by molar-refractivity contribution is 6.75. The number of hydrogen-bond donors (Lipinski definition) is 0. The Morgan fingerprint density at radius 3 is 2.40 bits per heavy atom. The van der Waals surface area contributed by atoms with E-state index < -0.39 is 8.80 Å². The van der Waals surface area contributed by atoms with Gasteiger partial charge < -0.3 is 13.3 Å². The van der Waals surface area contributed by atoms with Gasteiger partial charge in [-0.1, -0.05) is 12.1 Å². The van der Waals surface area contributed by atoms with Crippen molar-refractivity contribution in [1.29, 1.82) is 0 Å². The summed E-state index contributed by atoms with van der Waals surface area (Å²) in [5.41, 5.74) is 0. The first-order valence-electron chi connectivity index (χ1n) is 4.69. The molecule has 0 saturated carbocycles. The molecule has 0 atom stereocenters. The van der Waals surface area contributed by atoms with Crippen molar-refractivity contribution in [2.24, 2.45) is 0 Å². The van der Waals surface area contributed by atoms with Crippen molar-refractivity contribution in [3.63, 3.8) is 0 Å². The zero-order valence-electron chi connectivity index (χ0n) is 9.12. The SMILES string of the molecule is CCO[Si](OC)(OC)c1cccc(F)c1. The second kappa shape index (κ2) is 5.36. The Morgan fingerprint density at radius 1 is 1.27 bits per heavy atom. The molecular formula is C10H15FO3Si. The van der Waals surface area contributed by atoms with Crippen LogP contribution in [-0.2, 0) is 13.3 Å². The minimum Gasteiger partial charge on any atom is -0.373 e. The lowest BCUT2D eigenvalue weighted by Crippen LogP contribution is -2.55. The smallest absolute Gasteiger partial charge is 0.373 e. The predicted octanol–water partition coefficient (Wildman–Crippen LogP) is 1.30. The fourth-order valence-electron chi connectivity index (χ4n) is 1.39. The predicted molar refractivity (Wildman–Crippen MR) is 57.4 cm³/mol. The Hall–Kier alpha value is -0.753. The van der Waals surface area contributed by atoms with Crippen LogP contribution in [0.15, 0.2) is 24.3 Å². The van der Waals surface area contributed by atoms with Crippen LogP contribution in [0.4, 0.5) is 4.39 Å². The molecule has 0 aliphatic carbocycles. The summed E-state index contributed by atoms with van der Waals surface area (Å²) in [5, 5.41) is 0.634. The molecule has 0 amide bonds. The Morgan fingerprint density at radius 2 is 1.93 bits per heavy atom.